The summed E-state index contributed by atoms with van der Waals surface area (Å²) in [5, 5.41) is 3.18. The van der Waals surface area contributed by atoms with Crippen molar-refractivity contribution in [3.8, 4) is 0 Å². The molecule has 0 aromatic heterocycles. The standard InChI is InChI=1S/C14H22N2O2S.ClH/c1-11-6-7-14(12(2)9-11)19(17,18)16-8-4-5-13(10-16)15-3;/h6-7,9,13,15H,4-5,8,10H2,1-3H3;1H. The number of halogens is 1. The third kappa shape index (κ3) is 3.52. The Hall–Kier alpha value is -0.620. The van der Waals surface area contributed by atoms with Crippen molar-refractivity contribution in [2.45, 2.75) is 37.6 Å². The summed E-state index contributed by atoms with van der Waals surface area (Å²) in [4.78, 5) is 0.440. The quantitative estimate of drug-likeness (QED) is 0.928. The molecule has 0 spiro atoms. The van der Waals surface area contributed by atoms with Crippen molar-refractivity contribution >= 4 is 22.4 Å². The van der Waals surface area contributed by atoms with Crippen LogP contribution in [-0.4, -0.2) is 38.9 Å². The monoisotopic (exact) mass is 318 g/mol. The number of sulfonamides is 1. The van der Waals surface area contributed by atoms with Crippen LogP contribution in [0.5, 0.6) is 0 Å². The van der Waals surface area contributed by atoms with E-state index in [1.807, 2.05) is 33.0 Å². The molecule has 1 aromatic rings. The first-order valence-corrected chi connectivity index (χ1v) is 8.14. The molecule has 0 radical (unpaired) electrons. The minimum absolute atomic E-state index is 0. The number of nitrogens with zero attached hydrogens (tertiary/aromatic N) is 1. The molecule has 1 atom stereocenters. The van der Waals surface area contributed by atoms with Gasteiger partial charge in [0.2, 0.25) is 10.0 Å². The Bertz CT molecular complexity index is 560. The SMILES string of the molecule is CNC1CCCN(S(=O)(=O)c2ccc(C)cc2C)C1.Cl. The zero-order valence-corrected chi connectivity index (χ0v) is 13.9. The van der Waals surface area contributed by atoms with E-state index in [0.29, 0.717) is 18.0 Å². The molecular weight excluding hydrogens is 296 g/mol. The highest BCUT2D eigenvalue weighted by Crippen LogP contribution is 2.23. The highest BCUT2D eigenvalue weighted by atomic mass is 35.5. The van der Waals surface area contributed by atoms with Gasteiger partial charge in [-0.2, -0.15) is 4.31 Å². The van der Waals surface area contributed by atoms with Crippen LogP contribution in [0.2, 0.25) is 0 Å². The van der Waals surface area contributed by atoms with Gasteiger partial charge in [0, 0.05) is 19.1 Å². The number of rotatable bonds is 3. The zero-order valence-electron chi connectivity index (χ0n) is 12.2. The second kappa shape index (κ2) is 6.89. The summed E-state index contributed by atoms with van der Waals surface area (Å²) in [5.74, 6) is 0. The fraction of sp³-hybridized carbons (Fsp3) is 0.571. The molecule has 1 aliphatic rings. The van der Waals surface area contributed by atoms with Crippen molar-refractivity contribution in [2.24, 2.45) is 0 Å². The molecule has 6 heteroatoms. The first-order chi connectivity index (χ1) is 8.95. The van der Waals surface area contributed by atoms with Gasteiger partial charge in [-0.25, -0.2) is 8.42 Å². The third-order valence-corrected chi connectivity index (χ3v) is 5.77. The normalized spacial score (nSPS) is 20.4. The average Bonchev–Trinajstić information content (AvgIpc) is 2.38. The molecule has 20 heavy (non-hydrogen) atoms. The van der Waals surface area contributed by atoms with Crippen LogP contribution < -0.4 is 5.32 Å². The molecule has 1 aliphatic heterocycles. The molecule has 1 aromatic carbocycles. The summed E-state index contributed by atoms with van der Waals surface area (Å²) in [6, 6.07) is 5.77. The Kier molecular flexibility index (Phi) is 6.01. The van der Waals surface area contributed by atoms with Crippen LogP contribution in [0.15, 0.2) is 23.1 Å². The lowest BCUT2D eigenvalue weighted by molar-refractivity contribution is 0.292. The highest BCUT2D eigenvalue weighted by molar-refractivity contribution is 7.89. The van der Waals surface area contributed by atoms with E-state index in [9.17, 15) is 8.42 Å². The summed E-state index contributed by atoms with van der Waals surface area (Å²) >= 11 is 0. The Labute approximate surface area is 128 Å². The number of hydrogen-bond donors (Lipinski definition) is 1. The lowest BCUT2D eigenvalue weighted by atomic mass is 10.1. The van der Waals surface area contributed by atoms with Gasteiger partial charge in [0.25, 0.3) is 0 Å². The fourth-order valence-corrected chi connectivity index (χ4v) is 4.35. The maximum atomic E-state index is 12.7. The number of hydrogen-bond acceptors (Lipinski definition) is 3. The van der Waals surface area contributed by atoms with Crippen molar-refractivity contribution in [3.05, 3.63) is 29.3 Å². The zero-order chi connectivity index (χ0) is 14.0. The molecule has 1 unspecified atom stereocenters. The molecule has 0 saturated carbocycles. The summed E-state index contributed by atoms with van der Waals surface area (Å²) in [6.07, 6.45) is 1.95. The van der Waals surface area contributed by atoms with Crippen molar-refractivity contribution in [1.82, 2.24) is 9.62 Å². The van der Waals surface area contributed by atoms with E-state index in [1.54, 1.807) is 10.4 Å². The number of nitrogens with one attached hydrogen (secondary N) is 1. The van der Waals surface area contributed by atoms with Gasteiger partial charge in [-0.05, 0) is 45.4 Å². The van der Waals surface area contributed by atoms with Gasteiger partial charge in [-0.3, -0.25) is 0 Å². The Morgan fingerprint density at radius 1 is 1.30 bits per heavy atom. The second-order valence-corrected chi connectivity index (χ2v) is 7.17. The van der Waals surface area contributed by atoms with E-state index in [-0.39, 0.29) is 18.4 Å². The van der Waals surface area contributed by atoms with Crippen LogP contribution in [-0.2, 0) is 10.0 Å². The van der Waals surface area contributed by atoms with E-state index < -0.39 is 10.0 Å². The first kappa shape index (κ1) is 17.4. The van der Waals surface area contributed by atoms with Crippen molar-refractivity contribution in [2.75, 3.05) is 20.1 Å². The van der Waals surface area contributed by atoms with E-state index in [0.717, 1.165) is 24.0 Å². The van der Waals surface area contributed by atoms with Gasteiger partial charge in [-0.1, -0.05) is 17.7 Å². The molecule has 4 nitrogen and oxygen atoms in total. The summed E-state index contributed by atoms with van der Waals surface area (Å²) in [5.41, 5.74) is 1.91. The average molecular weight is 319 g/mol. The predicted octanol–water partition coefficient (Wildman–Crippen LogP) is 2.10. The molecule has 1 saturated heterocycles. The number of aryl methyl sites for hydroxylation is 2. The van der Waals surface area contributed by atoms with Crippen molar-refractivity contribution in [3.63, 3.8) is 0 Å². The van der Waals surface area contributed by atoms with E-state index in [1.165, 1.54) is 0 Å². The number of likely N-dealkylation sites (N-methyl/N-ethyl adjacent to an activating group) is 1. The molecule has 1 N–H and O–H groups in total. The van der Waals surface area contributed by atoms with E-state index in [4.69, 9.17) is 0 Å². The van der Waals surface area contributed by atoms with Crippen LogP contribution >= 0.6 is 12.4 Å². The van der Waals surface area contributed by atoms with Crippen LogP contribution in [0.3, 0.4) is 0 Å². The smallest absolute Gasteiger partial charge is 0.243 e. The van der Waals surface area contributed by atoms with Gasteiger partial charge in [0.1, 0.15) is 0 Å². The van der Waals surface area contributed by atoms with Gasteiger partial charge in [0.05, 0.1) is 4.90 Å². The van der Waals surface area contributed by atoms with Crippen LogP contribution in [0.25, 0.3) is 0 Å². The second-order valence-electron chi connectivity index (χ2n) is 5.26. The Morgan fingerprint density at radius 3 is 2.60 bits per heavy atom. The third-order valence-electron chi connectivity index (χ3n) is 3.74. The van der Waals surface area contributed by atoms with Gasteiger partial charge < -0.3 is 5.32 Å². The van der Waals surface area contributed by atoms with Gasteiger partial charge in [-0.15, -0.1) is 12.4 Å². The molecule has 1 fully saturated rings. The lowest BCUT2D eigenvalue weighted by Gasteiger charge is -2.32. The summed E-state index contributed by atoms with van der Waals surface area (Å²) < 4.78 is 27.0. The minimum Gasteiger partial charge on any atom is -0.316 e. The van der Waals surface area contributed by atoms with Crippen molar-refractivity contribution < 1.29 is 8.42 Å². The summed E-state index contributed by atoms with van der Waals surface area (Å²) in [6.45, 7) is 5.01. The van der Waals surface area contributed by atoms with Gasteiger partial charge in [0.15, 0.2) is 0 Å². The van der Waals surface area contributed by atoms with Crippen LogP contribution in [0.4, 0.5) is 0 Å². The maximum Gasteiger partial charge on any atom is 0.243 e. The molecule has 2 rings (SSSR count). The molecular formula is C14H23ClN2O2S. The minimum atomic E-state index is -3.36. The topological polar surface area (TPSA) is 49.4 Å². The number of piperidine rings is 1. The predicted molar refractivity (Wildman–Crippen MR) is 84.0 cm³/mol. The number of benzene rings is 1. The van der Waals surface area contributed by atoms with E-state index in [2.05, 4.69) is 5.32 Å². The lowest BCUT2D eigenvalue weighted by Crippen LogP contribution is -2.46. The van der Waals surface area contributed by atoms with Crippen molar-refractivity contribution in [1.29, 1.82) is 0 Å². The Balaban J connectivity index is 0.00000200. The van der Waals surface area contributed by atoms with Crippen LogP contribution in [0.1, 0.15) is 24.0 Å². The largest absolute Gasteiger partial charge is 0.316 e. The fourth-order valence-electron chi connectivity index (χ4n) is 2.62. The van der Waals surface area contributed by atoms with Gasteiger partial charge >= 0.3 is 0 Å². The molecule has 0 amide bonds. The maximum absolute atomic E-state index is 12.7. The summed E-state index contributed by atoms with van der Waals surface area (Å²) in [7, 11) is -1.47. The Morgan fingerprint density at radius 2 is 2.00 bits per heavy atom. The molecule has 114 valence electrons. The van der Waals surface area contributed by atoms with Crippen LogP contribution in [0, 0.1) is 13.8 Å². The molecule has 1 heterocycles. The highest BCUT2D eigenvalue weighted by Gasteiger charge is 2.30. The van der Waals surface area contributed by atoms with E-state index >= 15 is 0 Å². The molecule has 0 aliphatic carbocycles. The first-order valence-electron chi connectivity index (χ1n) is 6.70. The molecule has 0 bridgehead atoms.